The summed E-state index contributed by atoms with van der Waals surface area (Å²) in [6, 6.07) is 0. The van der Waals surface area contributed by atoms with Crippen LogP contribution in [0.15, 0.2) is 11.1 Å². The van der Waals surface area contributed by atoms with Crippen LogP contribution in [0.25, 0.3) is 0 Å². The smallest absolute Gasteiger partial charge is 0.249 e. The molecule has 2 rings (SSSR count). The third-order valence-corrected chi connectivity index (χ3v) is 3.70. The summed E-state index contributed by atoms with van der Waals surface area (Å²) >= 11 is 0. The molecular weight excluding hydrogens is 232 g/mol. The van der Waals surface area contributed by atoms with Gasteiger partial charge in [0.15, 0.2) is 0 Å². The van der Waals surface area contributed by atoms with Gasteiger partial charge in [-0.2, -0.15) is 0 Å². The lowest BCUT2D eigenvalue weighted by Crippen LogP contribution is -2.43. The van der Waals surface area contributed by atoms with Gasteiger partial charge in [-0.25, -0.2) is 0 Å². The van der Waals surface area contributed by atoms with Gasteiger partial charge in [0, 0.05) is 31.8 Å². The van der Waals surface area contributed by atoms with E-state index < -0.39 is 0 Å². The number of hydrogen-bond donors (Lipinski definition) is 2. The molecule has 2 fully saturated rings. The molecule has 2 aliphatic rings. The highest BCUT2D eigenvalue weighted by Gasteiger charge is 2.25. The summed E-state index contributed by atoms with van der Waals surface area (Å²) in [7, 11) is 0. The molecule has 102 valence electrons. The third kappa shape index (κ3) is 3.10. The lowest BCUT2D eigenvalue weighted by Gasteiger charge is -2.33. The van der Waals surface area contributed by atoms with Crippen LogP contribution in [0.5, 0.6) is 0 Å². The quantitative estimate of drug-likeness (QED) is 0.688. The standard InChI is InChI=1S/C13H22N2O3/c1-10(11-8-14-9-11)13(17)15-4-2-12(3-5-15)18-7-6-16/h12,14,16H,2-9H2,1H3. The Morgan fingerprint density at radius 1 is 1.44 bits per heavy atom. The van der Waals surface area contributed by atoms with Crippen molar-refractivity contribution >= 4 is 5.91 Å². The zero-order valence-corrected chi connectivity index (χ0v) is 10.9. The molecule has 0 aromatic heterocycles. The molecule has 1 amide bonds. The monoisotopic (exact) mass is 254 g/mol. The minimum atomic E-state index is 0.0668. The van der Waals surface area contributed by atoms with Crippen molar-refractivity contribution in [2.24, 2.45) is 0 Å². The number of piperidine rings is 1. The van der Waals surface area contributed by atoms with Crippen molar-refractivity contribution in [3.8, 4) is 0 Å². The summed E-state index contributed by atoms with van der Waals surface area (Å²) in [5.74, 6) is 0.173. The molecule has 0 radical (unpaired) electrons. The maximum atomic E-state index is 12.2. The minimum Gasteiger partial charge on any atom is -0.394 e. The van der Waals surface area contributed by atoms with Crippen molar-refractivity contribution in [3.05, 3.63) is 11.1 Å². The number of aliphatic hydroxyl groups is 1. The number of nitrogens with zero attached hydrogens (tertiary/aromatic N) is 1. The van der Waals surface area contributed by atoms with Gasteiger partial charge < -0.3 is 20.1 Å². The van der Waals surface area contributed by atoms with Gasteiger partial charge in [0.05, 0.1) is 19.3 Å². The molecule has 18 heavy (non-hydrogen) atoms. The first-order valence-electron chi connectivity index (χ1n) is 6.63. The summed E-state index contributed by atoms with van der Waals surface area (Å²) < 4.78 is 5.49. The van der Waals surface area contributed by atoms with Crippen LogP contribution in [0.1, 0.15) is 19.8 Å². The second kappa shape index (κ2) is 6.31. The number of likely N-dealkylation sites (tertiary alicyclic amines) is 1. The molecule has 5 nitrogen and oxygen atoms in total. The molecule has 0 bridgehead atoms. The Labute approximate surface area is 108 Å². The van der Waals surface area contributed by atoms with Crippen LogP contribution in [-0.2, 0) is 9.53 Å². The second-order valence-electron chi connectivity index (χ2n) is 4.92. The molecule has 0 unspecified atom stereocenters. The summed E-state index contributed by atoms with van der Waals surface area (Å²) in [5.41, 5.74) is 2.14. The fraction of sp³-hybridized carbons (Fsp3) is 0.769. The maximum Gasteiger partial charge on any atom is 0.249 e. The normalized spacial score (nSPS) is 20.8. The number of aliphatic hydroxyl groups excluding tert-OH is 1. The van der Waals surface area contributed by atoms with E-state index in [-0.39, 0.29) is 18.6 Å². The van der Waals surface area contributed by atoms with Crippen molar-refractivity contribution in [1.29, 1.82) is 0 Å². The van der Waals surface area contributed by atoms with Gasteiger partial charge in [-0.1, -0.05) is 0 Å². The van der Waals surface area contributed by atoms with Crippen LogP contribution >= 0.6 is 0 Å². The summed E-state index contributed by atoms with van der Waals surface area (Å²) in [4.78, 5) is 14.1. The van der Waals surface area contributed by atoms with E-state index in [0.29, 0.717) is 6.61 Å². The van der Waals surface area contributed by atoms with E-state index >= 15 is 0 Å². The van der Waals surface area contributed by atoms with E-state index in [4.69, 9.17) is 9.84 Å². The maximum absolute atomic E-state index is 12.2. The van der Waals surface area contributed by atoms with Crippen LogP contribution in [0.3, 0.4) is 0 Å². The number of amides is 1. The molecule has 0 aliphatic carbocycles. The Balaban J connectivity index is 1.80. The predicted octanol–water partition coefficient (Wildman–Crippen LogP) is -0.0940. The number of carbonyl (C=O) groups is 1. The van der Waals surface area contributed by atoms with Crippen molar-refractivity contribution in [2.45, 2.75) is 25.9 Å². The predicted molar refractivity (Wildman–Crippen MR) is 68.2 cm³/mol. The zero-order chi connectivity index (χ0) is 13.0. The Hall–Kier alpha value is -0.910. The highest BCUT2D eigenvalue weighted by atomic mass is 16.5. The van der Waals surface area contributed by atoms with Crippen LogP contribution in [0.4, 0.5) is 0 Å². The topological polar surface area (TPSA) is 61.8 Å². The second-order valence-corrected chi connectivity index (χ2v) is 4.92. The molecule has 2 saturated heterocycles. The number of rotatable bonds is 4. The highest BCUT2D eigenvalue weighted by Crippen LogP contribution is 2.18. The zero-order valence-electron chi connectivity index (χ0n) is 10.9. The first kappa shape index (κ1) is 13.5. The van der Waals surface area contributed by atoms with E-state index in [0.717, 1.165) is 44.6 Å². The van der Waals surface area contributed by atoms with Crippen molar-refractivity contribution in [2.75, 3.05) is 39.4 Å². The average molecular weight is 254 g/mol. The van der Waals surface area contributed by atoms with Gasteiger partial charge in [-0.05, 0) is 25.3 Å². The van der Waals surface area contributed by atoms with E-state index in [1.165, 1.54) is 5.57 Å². The van der Waals surface area contributed by atoms with Crippen LogP contribution in [0.2, 0.25) is 0 Å². The van der Waals surface area contributed by atoms with Crippen LogP contribution in [-0.4, -0.2) is 61.4 Å². The molecule has 0 spiro atoms. The molecule has 0 aromatic carbocycles. The lowest BCUT2D eigenvalue weighted by molar-refractivity contribution is -0.129. The van der Waals surface area contributed by atoms with E-state index in [1.807, 2.05) is 11.8 Å². The molecule has 2 N–H and O–H groups in total. The highest BCUT2D eigenvalue weighted by molar-refractivity contribution is 5.94. The van der Waals surface area contributed by atoms with Crippen molar-refractivity contribution in [1.82, 2.24) is 10.2 Å². The first-order chi connectivity index (χ1) is 8.72. The van der Waals surface area contributed by atoms with Gasteiger partial charge in [0.2, 0.25) is 5.91 Å². The van der Waals surface area contributed by atoms with Gasteiger partial charge in [0.25, 0.3) is 0 Å². The minimum absolute atomic E-state index is 0.0668. The summed E-state index contributed by atoms with van der Waals surface area (Å²) in [6.07, 6.45) is 1.93. The van der Waals surface area contributed by atoms with Gasteiger partial charge in [-0.15, -0.1) is 0 Å². The lowest BCUT2D eigenvalue weighted by atomic mass is 10.0. The Morgan fingerprint density at radius 2 is 2.11 bits per heavy atom. The molecule has 5 heteroatoms. The fourth-order valence-corrected chi connectivity index (χ4v) is 2.35. The van der Waals surface area contributed by atoms with Crippen molar-refractivity contribution < 1.29 is 14.6 Å². The molecular formula is C13H22N2O3. The van der Waals surface area contributed by atoms with Gasteiger partial charge in [0.1, 0.15) is 0 Å². The number of ether oxygens (including phenoxy) is 1. The number of nitrogens with one attached hydrogen (secondary N) is 1. The molecule has 2 aliphatic heterocycles. The average Bonchev–Trinajstić information content (AvgIpc) is 2.34. The first-order valence-corrected chi connectivity index (χ1v) is 6.63. The number of hydrogen-bond acceptors (Lipinski definition) is 4. The van der Waals surface area contributed by atoms with Gasteiger partial charge in [-0.3, -0.25) is 4.79 Å². The molecule has 0 aromatic rings. The van der Waals surface area contributed by atoms with E-state index in [1.54, 1.807) is 0 Å². The van der Waals surface area contributed by atoms with Crippen molar-refractivity contribution in [3.63, 3.8) is 0 Å². The SMILES string of the molecule is CC(C(=O)N1CCC(OCCO)CC1)=C1CNC1. The van der Waals surface area contributed by atoms with Crippen LogP contribution < -0.4 is 5.32 Å². The Bertz CT molecular complexity index is 327. The number of carbonyl (C=O) groups excluding carboxylic acids is 1. The molecule has 2 heterocycles. The third-order valence-electron chi connectivity index (χ3n) is 3.70. The molecule has 0 saturated carbocycles. The van der Waals surface area contributed by atoms with Gasteiger partial charge >= 0.3 is 0 Å². The molecule has 0 atom stereocenters. The van der Waals surface area contributed by atoms with Crippen LogP contribution in [0, 0.1) is 0 Å². The van der Waals surface area contributed by atoms with E-state index in [9.17, 15) is 4.79 Å². The summed E-state index contributed by atoms with van der Waals surface area (Å²) in [6.45, 7) is 5.61. The Morgan fingerprint density at radius 3 is 2.61 bits per heavy atom. The Kier molecular flexibility index (Phi) is 4.74. The van der Waals surface area contributed by atoms with E-state index in [2.05, 4.69) is 5.32 Å². The summed E-state index contributed by atoms with van der Waals surface area (Å²) in [5, 5.41) is 11.9. The fourth-order valence-electron chi connectivity index (χ4n) is 2.35. The largest absolute Gasteiger partial charge is 0.394 e.